The van der Waals surface area contributed by atoms with Crippen molar-refractivity contribution in [3.8, 4) is 11.1 Å². The fourth-order valence-corrected chi connectivity index (χ4v) is 4.62. The van der Waals surface area contributed by atoms with E-state index in [1.807, 2.05) is 19.2 Å². The smallest absolute Gasteiger partial charge is 0.274 e. The first-order chi connectivity index (χ1) is 15.2. The molecule has 1 fully saturated rings. The van der Waals surface area contributed by atoms with Crippen molar-refractivity contribution in [2.45, 2.75) is 38.6 Å². The van der Waals surface area contributed by atoms with E-state index >= 15 is 0 Å². The third-order valence-corrected chi connectivity index (χ3v) is 6.37. The summed E-state index contributed by atoms with van der Waals surface area (Å²) in [4.78, 5) is 23.6. The van der Waals surface area contributed by atoms with Crippen LogP contribution in [0.15, 0.2) is 59.7 Å². The number of aromatic nitrogens is 4. The normalized spacial score (nSPS) is 15.8. The van der Waals surface area contributed by atoms with E-state index < -0.39 is 0 Å². The largest absolute Gasteiger partial charge is 0.350 e. The van der Waals surface area contributed by atoms with Gasteiger partial charge in [-0.15, -0.1) is 5.10 Å². The molecule has 0 N–H and O–H groups in total. The van der Waals surface area contributed by atoms with E-state index in [2.05, 4.69) is 45.3 Å². The third kappa shape index (κ3) is 3.19. The fraction of sp³-hybridized carbons (Fsp3) is 0.280. The summed E-state index contributed by atoms with van der Waals surface area (Å²) in [5, 5.41) is 4.64. The number of aryl methyl sites for hydroxylation is 1. The average molecular weight is 409 g/mol. The van der Waals surface area contributed by atoms with E-state index in [0.29, 0.717) is 11.6 Å². The van der Waals surface area contributed by atoms with Gasteiger partial charge in [-0.25, -0.2) is 4.98 Å². The number of nitrogens with zero attached hydrogens (tertiary/aromatic N) is 5. The van der Waals surface area contributed by atoms with Crippen molar-refractivity contribution in [2.75, 3.05) is 11.4 Å². The summed E-state index contributed by atoms with van der Waals surface area (Å²) in [7, 11) is 0. The van der Waals surface area contributed by atoms with Crippen LogP contribution in [0.4, 0.5) is 5.82 Å². The van der Waals surface area contributed by atoms with Gasteiger partial charge in [-0.05, 0) is 60.1 Å². The van der Waals surface area contributed by atoms with Crippen molar-refractivity contribution in [1.82, 2.24) is 19.6 Å². The summed E-state index contributed by atoms with van der Waals surface area (Å²) >= 11 is 0. The number of benzene rings is 1. The Hall–Kier alpha value is -3.54. The van der Waals surface area contributed by atoms with Crippen LogP contribution < -0.4 is 10.5 Å². The van der Waals surface area contributed by atoms with E-state index in [9.17, 15) is 4.79 Å². The van der Waals surface area contributed by atoms with Gasteiger partial charge >= 0.3 is 0 Å². The maximum atomic E-state index is 12.2. The molecule has 1 aliphatic carbocycles. The Morgan fingerprint density at radius 3 is 2.81 bits per heavy atom. The molecule has 0 bridgehead atoms. The van der Waals surface area contributed by atoms with E-state index in [0.717, 1.165) is 36.6 Å². The van der Waals surface area contributed by atoms with Crippen LogP contribution in [-0.2, 0) is 13.0 Å². The highest BCUT2D eigenvalue weighted by Crippen LogP contribution is 2.44. The van der Waals surface area contributed by atoms with Gasteiger partial charge in [0, 0.05) is 49.2 Å². The zero-order valence-electron chi connectivity index (χ0n) is 17.5. The van der Waals surface area contributed by atoms with Gasteiger partial charge in [0.15, 0.2) is 11.5 Å². The van der Waals surface area contributed by atoms with E-state index in [4.69, 9.17) is 4.98 Å². The Kier molecular flexibility index (Phi) is 4.13. The molecule has 0 spiro atoms. The monoisotopic (exact) mass is 409 g/mol. The molecule has 4 heterocycles. The summed E-state index contributed by atoms with van der Waals surface area (Å²) < 4.78 is 1.39. The molecule has 31 heavy (non-hydrogen) atoms. The predicted octanol–water partition coefficient (Wildman–Crippen LogP) is 3.90. The highest BCUT2D eigenvalue weighted by molar-refractivity contribution is 5.69. The molecule has 6 nitrogen and oxygen atoms in total. The van der Waals surface area contributed by atoms with Crippen LogP contribution in [0.2, 0.25) is 0 Å². The third-order valence-electron chi connectivity index (χ3n) is 6.37. The number of anilines is 1. The predicted molar refractivity (Wildman–Crippen MR) is 120 cm³/mol. The van der Waals surface area contributed by atoms with Crippen molar-refractivity contribution >= 4 is 11.5 Å². The van der Waals surface area contributed by atoms with Crippen LogP contribution in [0.5, 0.6) is 0 Å². The highest BCUT2D eigenvalue weighted by Gasteiger charge is 2.27. The van der Waals surface area contributed by atoms with Crippen LogP contribution in [0.25, 0.3) is 16.8 Å². The molecule has 1 aromatic carbocycles. The number of hydrogen-bond acceptors (Lipinski definition) is 5. The second-order valence-electron chi connectivity index (χ2n) is 8.57. The maximum Gasteiger partial charge on any atom is 0.274 e. The molecule has 0 atom stereocenters. The van der Waals surface area contributed by atoms with Gasteiger partial charge < -0.3 is 4.90 Å². The number of pyridine rings is 1. The summed E-state index contributed by atoms with van der Waals surface area (Å²) in [6.07, 6.45) is 6.98. The minimum atomic E-state index is -0.163. The molecule has 3 aromatic heterocycles. The molecule has 6 heteroatoms. The van der Waals surface area contributed by atoms with Crippen LogP contribution in [0.1, 0.15) is 41.1 Å². The first-order valence-corrected chi connectivity index (χ1v) is 10.8. The molecule has 154 valence electrons. The van der Waals surface area contributed by atoms with Gasteiger partial charge in [-0.1, -0.05) is 24.3 Å². The summed E-state index contributed by atoms with van der Waals surface area (Å²) in [6, 6.07) is 14.4. The highest BCUT2D eigenvalue weighted by atomic mass is 16.1. The minimum absolute atomic E-state index is 0.163. The van der Waals surface area contributed by atoms with Gasteiger partial charge in [0.25, 0.3) is 5.56 Å². The van der Waals surface area contributed by atoms with Gasteiger partial charge in [0.1, 0.15) is 0 Å². The minimum Gasteiger partial charge on any atom is -0.350 e. The van der Waals surface area contributed by atoms with Crippen LogP contribution in [0, 0.1) is 6.92 Å². The number of hydrogen-bond donors (Lipinski definition) is 0. The molecule has 4 aromatic rings. The quantitative estimate of drug-likeness (QED) is 0.514. The zero-order valence-corrected chi connectivity index (χ0v) is 17.5. The SMILES string of the molecule is Cc1cc2nccc(=O)n2nc1N1CCc2ncc(-c3ccccc3C3CC3)cc2C1. The lowest BCUT2D eigenvalue weighted by Crippen LogP contribution is -2.33. The average Bonchev–Trinajstić information content (AvgIpc) is 3.64. The van der Waals surface area contributed by atoms with Crippen molar-refractivity contribution < 1.29 is 0 Å². The van der Waals surface area contributed by atoms with Gasteiger partial charge in [-0.3, -0.25) is 9.78 Å². The Morgan fingerprint density at radius 2 is 1.94 bits per heavy atom. The van der Waals surface area contributed by atoms with Crippen molar-refractivity contribution in [3.05, 3.63) is 87.6 Å². The lowest BCUT2D eigenvalue weighted by molar-refractivity contribution is 0.685. The van der Waals surface area contributed by atoms with Gasteiger partial charge in [0.05, 0.1) is 0 Å². The second kappa shape index (κ2) is 7.01. The number of rotatable bonds is 3. The summed E-state index contributed by atoms with van der Waals surface area (Å²) in [6.45, 7) is 3.58. The van der Waals surface area contributed by atoms with E-state index in [1.165, 1.54) is 51.9 Å². The summed E-state index contributed by atoms with van der Waals surface area (Å²) in [5.74, 6) is 1.53. The molecule has 1 aliphatic heterocycles. The standard InChI is InChI=1S/C25H23N5O/c1-16-12-23-26-10-8-24(31)30(23)28-25(16)29-11-9-22-19(15-29)13-18(14-27-22)21-5-3-2-4-20(21)17-6-7-17/h2-5,8,10,12-14,17H,6-7,9,11,15H2,1H3. The van der Waals surface area contributed by atoms with Crippen LogP contribution in [0.3, 0.4) is 0 Å². The Balaban J connectivity index is 1.38. The van der Waals surface area contributed by atoms with Crippen molar-refractivity contribution in [2.24, 2.45) is 0 Å². The van der Waals surface area contributed by atoms with Crippen molar-refractivity contribution in [1.29, 1.82) is 0 Å². The molecule has 0 radical (unpaired) electrons. The molecule has 1 saturated carbocycles. The lowest BCUT2D eigenvalue weighted by Gasteiger charge is -2.30. The van der Waals surface area contributed by atoms with Crippen LogP contribution >= 0.6 is 0 Å². The Bertz CT molecular complexity index is 1370. The molecular weight excluding hydrogens is 386 g/mol. The molecule has 6 rings (SSSR count). The van der Waals surface area contributed by atoms with E-state index in [1.54, 1.807) is 0 Å². The zero-order chi connectivity index (χ0) is 20.9. The topological polar surface area (TPSA) is 63.4 Å². The lowest BCUT2D eigenvalue weighted by atomic mass is 9.95. The first kappa shape index (κ1) is 18.2. The fourth-order valence-electron chi connectivity index (χ4n) is 4.62. The van der Waals surface area contributed by atoms with Gasteiger partial charge in [-0.2, -0.15) is 4.52 Å². The molecule has 0 amide bonds. The number of fused-ring (bicyclic) bond motifs is 2. The van der Waals surface area contributed by atoms with Crippen LogP contribution in [-0.4, -0.2) is 26.1 Å². The summed E-state index contributed by atoms with van der Waals surface area (Å²) in [5.41, 5.74) is 7.74. The molecular formula is C25H23N5O. The molecule has 2 aliphatic rings. The van der Waals surface area contributed by atoms with Crippen molar-refractivity contribution in [3.63, 3.8) is 0 Å². The van der Waals surface area contributed by atoms with Gasteiger partial charge in [0.2, 0.25) is 0 Å². The Morgan fingerprint density at radius 1 is 1.06 bits per heavy atom. The van der Waals surface area contributed by atoms with E-state index in [-0.39, 0.29) is 5.56 Å². The maximum absolute atomic E-state index is 12.2. The molecule has 0 saturated heterocycles. The first-order valence-electron chi connectivity index (χ1n) is 10.8. The second-order valence-corrected chi connectivity index (χ2v) is 8.57. The molecule has 0 unspecified atom stereocenters. The Labute approximate surface area is 180 Å².